The van der Waals surface area contributed by atoms with Crippen LogP contribution in [0.1, 0.15) is 44.4 Å². The van der Waals surface area contributed by atoms with Gasteiger partial charge in [-0.15, -0.1) is 0 Å². The number of nitriles is 1. The topological polar surface area (TPSA) is 110 Å². The summed E-state index contributed by atoms with van der Waals surface area (Å²) in [5.74, 6) is 0.0240. The number of hydrogen-bond donors (Lipinski definition) is 2. The zero-order valence-corrected chi connectivity index (χ0v) is 20.0. The molecule has 9 heteroatoms. The molecule has 178 valence electrons. The van der Waals surface area contributed by atoms with Crippen LogP contribution in [0, 0.1) is 11.3 Å². The summed E-state index contributed by atoms with van der Waals surface area (Å²) in [5.41, 5.74) is 0.814. The number of aromatic hydroxyl groups is 1. The molecule has 8 nitrogen and oxygen atoms in total. The van der Waals surface area contributed by atoms with Gasteiger partial charge in [-0.05, 0) is 44.8 Å². The second-order valence-electron chi connectivity index (χ2n) is 8.95. The predicted molar refractivity (Wildman–Crippen MR) is 128 cm³/mol. The van der Waals surface area contributed by atoms with Gasteiger partial charge in [0.15, 0.2) is 11.5 Å². The number of phenolic OH excluding ortho intramolecular Hbond substituents is 1. The van der Waals surface area contributed by atoms with Crippen molar-refractivity contribution in [3.05, 3.63) is 64.6 Å². The van der Waals surface area contributed by atoms with E-state index in [2.05, 4.69) is 5.32 Å². The molecule has 0 aliphatic carbocycles. The first-order valence-electron chi connectivity index (χ1n) is 10.9. The molecular weight excluding hydrogens is 435 g/mol. The van der Waals surface area contributed by atoms with Crippen LogP contribution in [-0.4, -0.2) is 43.2 Å². The minimum atomic E-state index is -0.796. The number of hydrogen-bond acceptors (Lipinski definition) is 7. The second-order valence-corrected chi connectivity index (χ2v) is 8.95. The first-order chi connectivity index (χ1) is 16.1. The van der Waals surface area contributed by atoms with Crippen molar-refractivity contribution >= 4 is 19.3 Å². The van der Waals surface area contributed by atoms with E-state index in [0.29, 0.717) is 16.6 Å². The molecule has 3 rings (SSSR count). The molecule has 1 heterocycles. The number of phenols is 1. The van der Waals surface area contributed by atoms with E-state index >= 15 is 0 Å². The van der Waals surface area contributed by atoms with E-state index in [1.807, 2.05) is 64.1 Å². The number of nitrogens with one attached hydrogen (secondary N) is 1. The summed E-state index contributed by atoms with van der Waals surface area (Å²) >= 11 is 0. The van der Waals surface area contributed by atoms with Gasteiger partial charge < -0.3 is 29.2 Å². The summed E-state index contributed by atoms with van der Waals surface area (Å²) in [6, 6.07) is 14.4. The number of rotatable bonds is 7. The van der Waals surface area contributed by atoms with Crippen molar-refractivity contribution in [2.45, 2.75) is 45.5 Å². The Kier molecular flexibility index (Phi) is 7.55. The summed E-state index contributed by atoms with van der Waals surface area (Å²) in [4.78, 5) is 12.4. The fourth-order valence-corrected chi connectivity index (χ4v) is 3.30. The number of methoxy groups -OCH3 is 1. The Hall–Kier alpha value is -3.48. The standard InChI is InChI=1S/C25H29BN2O6/c1-24(2)25(3,4)34-26(33-24)20(13-19-11-18(14-27)12-21(31-5)22(19)29)15-28-23(30)32-16-17-9-7-6-8-10-17/h6-13,29H,15-16H2,1-5H3,(H,28,30). The van der Waals surface area contributed by atoms with Crippen LogP contribution in [0.4, 0.5) is 4.79 Å². The minimum absolute atomic E-state index is 0.0307. The van der Waals surface area contributed by atoms with Crippen molar-refractivity contribution in [3.63, 3.8) is 0 Å². The van der Waals surface area contributed by atoms with Crippen LogP contribution in [0.5, 0.6) is 11.5 Å². The van der Waals surface area contributed by atoms with Gasteiger partial charge in [-0.3, -0.25) is 0 Å². The Morgan fingerprint density at radius 3 is 2.41 bits per heavy atom. The van der Waals surface area contributed by atoms with Crippen molar-refractivity contribution in [2.24, 2.45) is 0 Å². The van der Waals surface area contributed by atoms with Gasteiger partial charge >= 0.3 is 13.2 Å². The molecule has 1 aliphatic heterocycles. The average molecular weight is 464 g/mol. The highest BCUT2D eigenvalue weighted by atomic mass is 16.7. The molecule has 0 aromatic heterocycles. The maximum absolute atomic E-state index is 12.4. The normalized spacial score (nSPS) is 16.6. The fourth-order valence-electron chi connectivity index (χ4n) is 3.30. The van der Waals surface area contributed by atoms with E-state index in [1.54, 1.807) is 6.08 Å². The number of alkyl carbamates (subject to hydrolysis) is 1. The molecule has 2 aromatic carbocycles. The molecule has 1 fully saturated rings. The summed E-state index contributed by atoms with van der Waals surface area (Å²) < 4.78 is 22.8. The van der Waals surface area contributed by atoms with Gasteiger partial charge in [0.1, 0.15) is 6.61 Å². The number of amides is 1. The maximum atomic E-state index is 12.4. The Bertz CT molecular complexity index is 1090. The highest BCUT2D eigenvalue weighted by Crippen LogP contribution is 2.40. The van der Waals surface area contributed by atoms with Gasteiger partial charge in [0.25, 0.3) is 0 Å². The third-order valence-electron chi connectivity index (χ3n) is 6.00. The molecule has 0 unspecified atom stereocenters. The molecule has 0 spiro atoms. The molecule has 0 saturated carbocycles. The fraction of sp³-hybridized carbons (Fsp3) is 0.360. The van der Waals surface area contributed by atoms with Crippen LogP contribution in [-0.2, 0) is 20.7 Å². The molecule has 1 amide bonds. The minimum Gasteiger partial charge on any atom is -0.504 e. The average Bonchev–Trinajstić information content (AvgIpc) is 3.03. The monoisotopic (exact) mass is 464 g/mol. The van der Waals surface area contributed by atoms with Gasteiger partial charge in [-0.25, -0.2) is 4.79 Å². The summed E-state index contributed by atoms with van der Waals surface area (Å²) in [7, 11) is 0.610. The molecule has 2 aromatic rings. The SMILES string of the molecule is COc1cc(C#N)cc(C=C(CNC(=O)OCc2ccccc2)B2OC(C)(C)C(C)(C)O2)c1O. The van der Waals surface area contributed by atoms with E-state index in [1.165, 1.54) is 19.2 Å². The molecule has 0 radical (unpaired) electrons. The van der Waals surface area contributed by atoms with Gasteiger partial charge in [-0.1, -0.05) is 36.4 Å². The van der Waals surface area contributed by atoms with Crippen LogP contribution in [0.2, 0.25) is 0 Å². The number of carbonyl (C=O) groups is 1. The lowest BCUT2D eigenvalue weighted by Gasteiger charge is -2.32. The third kappa shape index (κ3) is 5.71. The molecule has 0 atom stereocenters. The van der Waals surface area contributed by atoms with Crippen LogP contribution in [0.3, 0.4) is 0 Å². The molecular formula is C25H29BN2O6. The van der Waals surface area contributed by atoms with Crippen molar-refractivity contribution < 1.29 is 28.7 Å². The highest BCUT2D eigenvalue weighted by Gasteiger charge is 2.52. The van der Waals surface area contributed by atoms with Crippen molar-refractivity contribution in [1.29, 1.82) is 5.26 Å². The van der Waals surface area contributed by atoms with E-state index in [-0.39, 0.29) is 24.7 Å². The number of benzene rings is 2. The molecule has 0 bridgehead atoms. The number of ether oxygens (including phenoxy) is 2. The predicted octanol–water partition coefficient (Wildman–Crippen LogP) is 4.21. The van der Waals surface area contributed by atoms with Gasteiger partial charge in [0.05, 0.1) is 29.9 Å². The maximum Gasteiger partial charge on any atom is 0.492 e. The van der Waals surface area contributed by atoms with Crippen LogP contribution in [0.25, 0.3) is 6.08 Å². The van der Waals surface area contributed by atoms with Gasteiger partial charge in [0.2, 0.25) is 0 Å². The summed E-state index contributed by atoms with van der Waals surface area (Å²) in [6.45, 7) is 7.84. The van der Waals surface area contributed by atoms with Crippen LogP contribution in [0.15, 0.2) is 47.9 Å². The van der Waals surface area contributed by atoms with Crippen molar-refractivity contribution in [2.75, 3.05) is 13.7 Å². The van der Waals surface area contributed by atoms with E-state index in [0.717, 1.165) is 5.56 Å². The van der Waals surface area contributed by atoms with Crippen molar-refractivity contribution in [1.82, 2.24) is 5.32 Å². The first-order valence-corrected chi connectivity index (χ1v) is 10.9. The number of nitrogens with zero attached hydrogens (tertiary/aromatic N) is 1. The Morgan fingerprint density at radius 2 is 1.82 bits per heavy atom. The molecule has 34 heavy (non-hydrogen) atoms. The van der Waals surface area contributed by atoms with E-state index in [4.69, 9.17) is 18.8 Å². The lowest BCUT2D eigenvalue weighted by molar-refractivity contribution is 0.00578. The molecule has 1 aliphatic rings. The Labute approximate surface area is 200 Å². The van der Waals surface area contributed by atoms with E-state index < -0.39 is 24.4 Å². The number of carbonyl (C=O) groups excluding carboxylic acids is 1. The smallest absolute Gasteiger partial charge is 0.492 e. The van der Waals surface area contributed by atoms with Gasteiger partial charge in [0, 0.05) is 18.2 Å². The van der Waals surface area contributed by atoms with Crippen LogP contribution >= 0.6 is 0 Å². The second kappa shape index (κ2) is 10.2. The van der Waals surface area contributed by atoms with Crippen molar-refractivity contribution in [3.8, 4) is 17.6 Å². The quantitative estimate of drug-likeness (QED) is 0.591. The van der Waals surface area contributed by atoms with Crippen LogP contribution < -0.4 is 10.1 Å². The lowest BCUT2D eigenvalue weighted by atomic mass is 9.76. The largest absolute Gasteiger partial charge is 0.504 e. The van der Waals surface area contributed by atoms with Gasteiger partial charge in [-0.2, -0.15) is 5.26 Å². The molecule has 2 N–H and O–H groups in total. The molecule has 1 saturated heterocycles. The zero-order valence-electron chi connectivity index (χ0n) is 20.0. The summed E-state index contributed by atoms with van der Waals surface area (Å²) in [6.07, 6.45) is 1.01. The highest BCUT2D eigenvalue weighted by molar-refractivity contribution is 6.56. The first kappa shape index (κ1) is 25.2. The lowest BCUT2D eigenvalue weighted by Crippen LogP contribution is -2.41. The summed E-state index contributed by atoms with van der Waals surface area (Å²) in [5, 5.41) is 22.7. The van der Waals surface area contributed by atoms with E-state index in [9.17, 15) is 15.2 Å². The Morgan fingerprint density at radius 1 is 1.18 bits per heavy atom. The third-order valence-corrected chi connectivity index (χ3v) is 6.00. The zero-order chi connectivity index (χ0) is 24.9. The Balaban J connectivity index is 1.85.